The fourth-order valence-corrected chi connectivity index (χ4v) is 2.31. The van der Waals surface area contributed by atoms with Crippen LogP contribution in [0.25, 0.3) is 0 Å². The van der Waals surface area contributed by atoms with E-state index in [0.29, 0.717) is 10.8 Å². The van der Waals surface area contributed by atoms with E-state index in [-0.39, 0.29) is 22.8 Å². The third-order valence-electron chi connectivity index (χ3n) is 3.55. The van der Waals surface area contributed by atoms with Gasteiger partial charge in [-0.2, -0.15) is 5.26 Å². The highest BCUT2D eigenvalue weighted by molar-refractivity contribution is 6.30. The number of furan rings is 1. The Morgan fingerprint density at radius 2 is 1.88 bits per heavy atom. The number of ether oxygens (including phenoxy) is 2. The number of hydrogen-bond acceptors (Lipinski definition) is 6. The monoisotopic (exact) mass is 376 g/mol. The van der Waals surface area contributed by atoms with Gasteiger partial charge in [0, 0.05) is 5.02 Å². The van der Waals surface area contributed by atoms with Gasteiger partial charge in [-0.3, -0.25) is 10.1 Å². The molecule has 2 aromatic rings. The Morgan fingerprint density at radius 3 is 2.42 bits per heavy atom. The lowest BCUT2D eigenvalue weighted by Crippen LogP contribution is -2.42. The number of amides is 1. The second kappa shape index (κ2) is 7.50. The molecule has 1 N–H and O–H groups in total. The molecule has 0 bridgehead atoms. The molecule has 0 aliphatic heterocycles. The number of nitriles is 1. The second-order valence-electron chi connectivity index (χ2n) is 5.86. The Kier molecular flexibility index (Phi) is 5.58. The van der Waals surface area contributed by atoms with E-state index in [1.807, 2.05) is 6.07 Å². The van der Waals surface area contributed by atoms with Crippen molar-refractivity contribution in [2.75, 3.05) is 12.4 Å². The molecular weight excluding hydrogens is 360 g/mol. The number of carbonyl (C=O) groups is 2. The topological polar surface area (TPSA) is 102 Å². The van der Waals surface area contributed by atoms with E-state index < -0.39 is 17.5 Å². The minimum Gasteiger partial charge on any atom is -0.478 e. The Bertz CT molecular complexity index is 878. The lowest BCUT2D eigenvalue weighted by atomic mass is 10.1. The summed E-state index contributed by atoms with van der Waals surface area (Å²) >= 11 is 5.83. The summed E-state index contributed by atoms with van der Waals surface area (Å²) in [7, 11) is 1.19. The van der Waals surface area contributed by atoms with Crippen LogP contribution in [0.3, 0.4) is 0 Å². The zero-order valence-corrected chi connectivity index (χ0v) is 15.4. The SMILES string of the molecule is COC(=O)c1c(C)oc(NC(=O)C(C)(C)Oc2ccc(Cl)cc2)c1C#N. The maximum atomic E-state index is 12.6. The first kappa shape index (κ1) is 19.3. The van der Waals surface area contributed by atoms with Gasteiger partial charge in [0.25, 0.3) is 5.91 Å². The summed E-state index contributed by atoms with van der Waals surface area (Å²) < 4.78 is 15.7. The third kappa shape index (κ3) is 3.98. The zero-order chi connectivity index (χ0) is 19.5. The van der Waals surface area contributed by atoms with Gasteiger partial charge in [-0.15, -0.1) is 0 Å². The second-order valence-corrected chi connectivity index (χ2v) is 6.30. The van der Waals surface area contributed by atoms with Crippen LogP contribution in [-0.4, -0.2) is 24.6 Å². The van der Waals surface area contributed by atoms with E-state index in [0.717, 1.165) is 0 Å². The molecule has 0 radical (unpaired) electrons. The van der Waals surface area contributed by atoms with Crippen molar-refractivity contribution in [3.8, 4) is 11.8 Å². The van der Waals surface area contributed by atoms with Crippen molar-refractivity contribution < 1.29 is 23.5 Å². The van der Waals surface area contributed by atoms with Gasteiger partial charge in [0.1, 0.15) is 28.7 Å². The summed E-state index contributed by atoms with van der Waals surface area (Å²) in [4.78, 5) is 24.4. The molecule has 0 aliphatic rings. The van der Waals surface area contributed by atoms with Gasteiger partial charge in [0.2, 0.25) is 5.88 Å². The van der Waals surface area contributed by atoms with E-state index in [1.165, 1.54) is 14.0 Å². The Hall–Kier alpha value is -2.98. The van der Waals surface area contributed by atoms with Gasteiger partial charge in [0.15, 0.2) is 5.60 Å². The fourth-order valence-electron chi connectivity index (χ4n) is 2.18. The molecule has 26 heavy (non-hydrogen) atoms. The number of rotatable bonds is 5. The molecule has 0 saturated carbocycles. The van der Waals surface area contributed by atoms with Crippen LogP contribution in [-0.2, 0) is 9.53 Å². The van der Waals surface area contributed by atoms with E-state index in [1.54, 1.807) is 38.1 Å². The van der Waals surface area contributed by atoms with Gasteiger partial charge >= 0.3 is 5.97 Å². The molecule has 1 aromatic heterocycles. The predicted octanol–water partition coefficient (Wildman–Crippen LogP) is 3.70. The molecule has 1 heterocycles. The number of hydrogen-bond donors (Lipinski definition) is 1. The molecule has 7 nitrogen and oxygen atoms in total. The predicted molar refractivity (Wildman–Crippen MR) is 94.3 cm³/mol. The lowest BCUT2D eigenvalue weighted by Gasteiger charge is -2.24. The normalized spacial score (nSPS) is 10.8. The Balaban J connectivity index is 2.24. The number of carbonyl (C=O) groups excluding carboxylic acids is 2. The van der Waals surface area contributed by atoms with Crippen LogP contribution in [0.15, 0.2) is 28.7 Å². The van der Waals surface area contributed by atoms with Crippen LogP contribution in [0.5, 0.6) is 5.75 Å². The number of anilines is 1. The van der Waals surface area contributed by atoms with Crippen molar-refractivity contribution in [3.63, 3.8) is 0 Å². The summed E-state index contributed by atoms with van der Waals surface area (Å²) in [6.07, 6.45) is 0. The van der Waals surface area contributed by atoms with Crippen molar-refractivity contribution in [1.82, 2.24) is 0 Å². The van der Waals surface area contributed by atoms with Crippen molar-refractivity contribution in [2.45, 2.75) is 26.4 Å². The molecule has 0 fully saturated rings. The highest BCUT2D eigenvalue weighted by Crippen LogP contribution is 2.28. The van der Waals surface area contributed by atoms with Crippen LogP contribution in [0.2, 0.25) is 5.02 Å². The molecule has 2 rings (SSSR count). The summed E-state index contributed by atoms with van der Waals surface area (Å²) in [6.45, 7) is 4.61. The quantitative estimate of drug-likeness (QED) is 0.798. The van der Waals surface area contributed by atoms with Crippen LogP contribution in [0.4, 0.5) is 5.88 Å². The van der Waals surface area contributed by atoms with Crippen LogP contribution >= 0.6 is 11.6 Å². The minimum atomic E-state index is -1.29. The Morgan fingerprint density at radius 1 is 1.27 bits per heavy atom. The number of nitrogens with zero attached hydrogens (tertiary/aromatic N) is 1. The molecule has 0 unspecified atom stereocenters. The van der Waals surface area contributed by atoms with Crippen LogP contribution in [0, 0.1) is 18.3 Å². The molecule has 8 heteroatoms. The Labute approximate surface area is 155 Å². The van der Waals surface area contributed by atoms with Crippen molar-refractivity contribution >= 4 is 29.4 Å². The molecule has 0 aliphatic carbocycles. The first-order valence-corrected chi connectivity index (χ1v) is 7.95. The number of aryl methyl sites for hydroxylation is 1. The van der Waals surface area contributed by atoms with Crippen LogP contribution in [0.1, 0.15) is 35.5 Å². The molecule has 0 atom stereocenters. The average Bonchev–Trinajstić information content (AvgIpc) is 2.91. The van der Waals surface area contributed by atoms with E-state index in [4.69, 9.17) is 20.8 Å². The van der Waals surface area contributed by atoms with Gasteiger partial charge < -0.3 is 13.9 Å². The summed E-state index contributed by atoms with van der Waals surface area (Å²) in [5.74, 6) is -0.807. The molecule has 1 amide bonds. The van der Waals surface area contributed by atoms with E-state index in [2.05, 4.69) is 10.1 Å². The summed E-state index contributed by atoms with van der Waals surface area (Å²) in [5, 5.41) is 12.3. The molecule has 0 saturated heterocycles. The van der Waals surface area contributed by atoms with Gasteiger partial charge in [-0.1, -0.05) is 11.6 Å². The summed E-state index contributed by atoms with van der Waals surface area (Å²) in [5.41, 5.74) is -1.42. The first-order valence-electron chi connectivity index (χ1n) is 7.57. The maximum absolute atomic E-state index is 12.6. The van der Waals surface area contributed by atoms with Crippen molar-refractivity contribution in [2.24, 2.45) is 0 Å². The van der Waals surface area contributed by atoms with Crippen LogP contribution < -0.4 is 10.1 Å². The van der Waals surface area contributed by atoms with Crippen molar-refractivity contribution in [3.05, 3.63) is 46.2 Å². The van der Waals surface area contributed by atoms with Gasteiger partial charge in [-0.25, -0.2) is 4.79 Å². The molecule has 0 spiro atoms. The van der Waals surface area contributed by atoms with E-state index in [9.17, 15) is 14.9 Å². The van der Waals surface area contributed by atoms with Gasteiger partial charge in [-0.05, 0) is 45.0 Å². The van der Waals surface area contributed by atoms with Crippen molar-refractivity contribution in [1.29, 1.82) is 5.26 Å². The number of halogens is 1. The maximum Gasteiger partial charge on any atom is 0.342 e. The third-order valence-corrected chi connectivity index (χ3v) is 3.80. The molecule has 1 aromatic carbocycles. The van der Waals surface area contributed by atoms with E-state index >= 15 is 0 Å². The first-order chi connectivity index (χ1) is 12.2. The number of esters is 1. The van der Waals surface area contributed by atoms with Gasteiger partial charge in [0.05, 0.1) is 7.11 Å². The number of nitrogens with one attached hydrogen (secondary N) is 1. The molecule has 136 valence electrons. The highest BCUT2D eigenvalue weighted by Gasteiger charge is 2.33. The highest BCUT2D eigenvalue weighted by atomic mass is 35.5. The standard InChI is InChI=1S/C18H17ClN2O5/c1-10-14(16(22)24-4)13(9-20)15(25-10)21-17(23)18(2,3)26-12-7-5-11(19)6-8-12/h5-8H,1-4H3,(H,21,23). The average molecular weight is 377 g/mol. The largest absolute Gasteiger partial charge is 0.478 e. The number of benzene rings is 1. The number of methoxy groups -OCH3 is 1. The lowest BCUT2D eigenvalue weighted by molar-refractivity contribution is -0.128. The fraction of sp³-hybridized carbons (Fsp3) is 0.278. The zero-order valence-electron chi connectivity index (χ0n) is 14.7. The summed E-state index contributed by atoms with van der Waals surface area (Å²) in [6, 6.07) is 8.38. The minimum absolute atomic E-state index is 0.0262. The smallest absolute Gasteiger partial charge is 0.342 e. The molecular formula is C18H17ClN2O5.